The Balaban J connectivity index is 1.42. The highest BCUT2D eigenvalue weighted by molar-refractivity contribution is 5.84. The van der Waals surface area contributed by atoms with Crippen LogP contribution in [-0.2, 0) is 20.9 Å². The molecule has 31 heavy (non-hydrogen) atoms. The van der Waals surface area contributed by atoms with Crippen LogP contribution in [0, 0.1) is 0 Å². The number of ether oxygens (including phenoxy) is 1. The number of imidazole rings is 1. The van der Waals surface area contributed by atoms with Crippen LogP contribution >= 0.6 is 0 Å². The number of piperidine rings is 1. The van der Waals surface area contributed by atoms with Gasteiger partial charge >= 0.3 is 5.97 Å². The number of amides is 1. The van der Waals surface area contributed by atoms with Gasteiger partial charge in [0, 0.05) is 50.1 Å². The first kappa shape index (κ1) is 20.8. The van der Waals surface area contributed by atoms with E-state index in [9.17, 15) is 9.59 Å². The highest BCUT2D eigenvalue weighted by Crippen LogP contribution is 2.30. The molecule has 1 saturated heterocycles. The van der Waals surface area contributed by atoms with Crippen molar-refractivity contribution >= 4 is 11.9 Å². The van der Waals surface area contributed by atoms with Gasteiger partial charge < -0.3 is 14.2 Å². The topological polar surface area (TPSA) is 77.3 Å². The molecule has 160 valence electrons. The molecular weight excluding hydrogens is 392 g/mol. The summed E-state index contributed by atoms with van der Waals surface area (Å²) in [4.78, 5) is 35.5. The predicted octanol–water partition coefficient (Wildman–Crippen LogP) is 3.34. The van der Waals surface area contributed by atoms with Gasteiger partial charge in [0.05, 0.1) is 12.2 Å². The van der Waals surface area contributed by atoms with Gasteiger partial charge in [-0.3, -0.25) is 14.6 Å². The second-order valence-corrected chi connectivity index (χ2v) is 7.73. The number of esters is 1. The number of hydrogen-bond donors (Lipinski definition) is 0. The molecule has 0 aliphatic carbocycles. The SMILES string of the molecule is CC(=O)OC(C(=O)N1CCC(c2nccn2Cc2ccccn2)CC1)c1ccccc1. The van der Waals surface area contributed by atoms with Crippen molar-refractivity contribution in [2.45, 2.75) is 38.3 Å². The Labute approximate surface area is 181 Å². The second kappa shape index (κ2) is 9.55. The molecule has 0 spiro atoms. The van der Waals surface area contributed by atoms with E-state index in [1.807, 2.05) is 60.9 Å². The standard InChI is InChI=1S/C24H26N4O3/c1-18(29)31-22(19-7-3-2-4-8-19)24(30)27-14-10-20(11-15-27)23-26-13-16-28(23)17-21-9-5-6-12-25-21/h2-9,12-13,16,20,22H,10-11,14-15,17H2,1H3. The third-order valence-electron chi connectivity index (χ3n) is 5.59. The number of likely N-dealkylation sites (tertiary alicyclic amines) is 1. The molecular formula is C24H26N4O3. The molecule has 2 aromatic heterocycles. The third kappa shape index (κ3) is 4.99. The van der Waals surface area contributed by atoms with Crippen LogP contribution in [0.2, 0.25) is 0 Å². The zero-order valence-corrected chi connectivity index (χ0v) is 17.6. The van der Waals surface area contributed by atoms with Crippen molar-refractivity contribution in [3.8, 4) is 0 Å². The summed E-state index contributed by atoms with van der Waals surface area (Å²) in [5.74, 6) is 0.661. The lowest BCUT2D eigenvalue weighted by Gasteiger charge is -2.34. The first-order valence-corrected chi connectivity index (χ1v) is 10.5. The van der Waals surface area contributed by atoms with Gasteiger partial charge in [0.1, 0.15) is 5.82 Å². The molecule has 1 unspecified atom stereocenters. The number of carbonyl (C=O) groups excluding carboxylic acids is 2. The first-order chi connectivity index (χ1) is 15.1. The van der Waals surface area contributed by atoms with Crippen LogP contribution in [0.25, 0.3) is 0 Å². The van der Waals surface area contributed by atoms with Gasteiger partial charge in [0.15, 0.2) is 0 Å². The maximum atomic E-state index is 13.2. The van der Waals surface area contributed by atoms with Gasteiger partial charge in [0.2, 0.25) is 6.10 Å². The monoisotopic (exact) mass is 418 g/mol. The van der Waals surface area contributed by atoms with Gasteiger partial charge in [-0.2, -0.15) is 0 Å². The minimum absolute atomic E-state index is 0.170. The van der Waals surface area contributed by atoms with E-state index in [-0.39, 0.29) is 11.8 Å². The van der Waals surface area contributed by atoms with Crippen LogP contribution in [-0.4, -0.2) is 44.4 Å². The molecule has 1 aromatic carbocycles. The van der Waals surface area contributed by atoms with Crippen molar-refractivity contribution in [1.29, 1.82) is 0 Å². The average Bonchev–Trinajstić information content (AvgIpc) is 3.26. The lowest BCUT2D eigenvalue weighted by Crippen LogP contribution is -2.42. The zero-order chi connectivity index (χ0) is 21.6. The molecule has 0 bridgehead atoms. The Morgan fingerprint density at radius 2 is 1.77 bits per heavy atom. The van der Waals surface area contributed by atoms with Gasteiger partial charge in [0.25, 0.3) is 5.91 Å². The van der Waals surface area contributed by atoms with E-state index in [4.69, 9.17) is 4.74 Å². The second-order valence-electron chi connectivity index (χ2n) is 7.73. The Hall–Kier alpha value is -3.48. The molecule has 1 atom stereocenters. The van der Waals surface area contributed by atoms with E-state index in [1.165, 1.54) is 6.92 Å². The van der Waals surface area contributed by atoms with E-state index in [2.05, 4.69) is 14.5 Å². The lowest BCUT2D eigenvalue weighted by molar-refractivity contribution is -0.159. The van der Waals surface area contributed by atoms with Gasteiger partial charge in [-0.1, -0.05) is 36.4 Å². The third-order valence-corrected chi connectivity index (χ3v) is 5.59. The van der Waals surface area contributed by atoms with Crippen LogP contribution in [0.5, 0.6) is 0 Å². The van der Waals surface area contributed by atoms with E-state index < -0.39 is 12.1 Å². The first-order valence-electron chi connectivity index (χ1n) is 10.5. The fourth-order valence-corrected chi connectivity index (χ4v) is 4.06. The fraction of sp³-hybridized carbons (Fsp3) is 0.333. The number of aromatic nitrogens is 3. The number of rotatable bonds is 6. The van der Waals surface area contributed by atoms with Crippen molar-refractivity contribution in [2.24, 2.45) is 0 Å². The summed E-state index contributed by atoms with van der Waals surface area (Å²) in [6.07, 6.45) is 6.32. The molecule has 0 N–H and O–H groups in total. The van der Waals surface area contributed by atoms with Crippen LogP contribution in [0.3, 0.4) is 0 Å². The maximum Gasteiger partial charge on any atom is 0.303 e. The Morgan fingerprint density at radius 3 is 2.45 bits per heavy atom. The Kier molecular flexibility index (Phi) is 6.40. The smallest absolute Gasteiger partial charge is 0.303 e. The van der Waals surface area contributed by atoms with Crippen molar-refractivity contribution in [2.75, 3.05) is 13.1 Å². The number of benzene rings is 1. The molecule has 1 aliphatic rings. The minimum atomic E-state index is -0.901. The van der Waals surface area contributed by atoms with E-state index in [1.54, 1.807) is 11.1 Å². The lowest BCUT2D eigenvalue weighted by atomic mass is 9.95. The van der Waals surface area contributed by atoms with Gasteiger partial charge in [-0.25, -0.2) is 4.98 Å². The summed E-state index contributed by atoms with van der Waals surface area (Å²) in [5, 5.41) is 0. The summed E-state index contributed by atoms with van der Waals surface area (Å²) in [5.41, 5.74) is 1.68. The maximum absolute atomic E-state index is 13.2. The van der Waals surface area contributed by atoms with Gasteiger partial charge in [-0.05, 0) is 25.0 Å². The largest absolute Gasteiger partial charge is 0.447 e. The van der Waals surface area contributed by atoms with Crippen molar-refractivity contribution in [1.82, 2.24) is 19.4 Å². The number of carbonyl (C=O) groups is 2. The Morgan fingerprint density at radius 1 is 1.03 bits per heavy atom. The van der Waals surface area contributed by atoms with Crippen LogP contribution < -0.4 is 0 Å². The average molecular weight is 418 g/mol. The van der Waals surface area contributed by atoms with Crippen molar-refractivity contribution in [3.05, 3.63) is 84.2 Å². The molecule has 3 aromatic rings. The van der Waals surface area contributed by atoms with Crippen molar-refractivity contribution in [3.63, 3.8) is 0 Å². The summed E-state index contributed by atoms with van der Waals surface area (Å²) >= 11 is 0. The van der Waals surface area contributed by atoms with Crippen molar-refractivity contribution < 1.29 is 14.3 Å². The number of nitrogens with zero attached hydrogens (tertiary/aromatic N) is 4. The molecule has 1 amide bonds. The molecule has 7 nitrogen and oxygen atoms in total. The van der Waals surface area contributed by atoms with Crippen LogP contribution in [0.1, 0.15) is 48.9 Å². The summed E-state index contributed by atoms with van der Waals surface area (Å²) < 4.78 is 7.52. The molecule has 0 saturated carbocycles. The van der Waals surface area contributed by atoms with Gasteiger partial charge in [-0.15, -0.1) is 0 Å². The highest BCUT2D eigenvalue weighted by Gasteiger charge is 2.32. The molecule has 1 aliphatic heterocycles. The molecule has 7 heteroatoms. The van der Waals surface area contributed by atoms with E-state index >= 15 is 0 Å². The number of pyridine rings is 1. The van der Waals surface area contributed by atoms with E-state index in [0.29, 0.717) is 25.2 Å². The summed E-state index contributed by atoms with van der Waals surface area (Å²) in [6, 6.07) is 15.1. The molecule has 3 heterocycles. The Bertz CT molecular complexity index is 1010. The van der Waals surface area contributed by atoms with E-state index in [0.717, 1.165) is 24.4 Å². The number of hydrogen-bond acceptors (Lipinski definition) is 5. The minimum Gasteiger partial charge on any atom is -0.447 e. The fourth-order valence-electron chi connectivity index (χ4n) is 4.06. The molecule has 0 radical (unpaired) electrons. The van der Waals surface area contributed by atoms with Crippen LogP contribution in [0.4, 0.5) is 0 Å². The van der Waals surface area contributed by atoms with Crippen LogP contribution in [0.15, 0.2) is 67.1 Å². The summed E-state index contributed by atoms with van der Waals surface area (Å²) in [7, 11) is 0. The molecule has 1 fully saturated rings. The zero-order valence-electron chi connectivity index (χ0n) is 17.6. The quantitative estimate of drug-likeness (QED) is 0.574. The predicted molar refractivity (Wildman–Crippen MR) is 115 cm³/mol. The normalized spacial score (nSPS) is 15.5. The highest BCUT2D eigenvalue weighted by atomic mass is 16.5. The summed E-state index contributed by atoms with van der Waals surface area (Å²) in [6.45, 7) is 3.21. The molecule has 4 rings (SSSR count).